The molecular formula is C42H25NOS. The van der Waals surface area contributed by atoms with Crippen molar-refractivity contribution in [3.8, 4) is 27.9 Å². The van der Waals surface area contributed by atoms with E-state index in [1.54, 1.807) is 0 Å². The molecule has 0 spiro atoms. The summed E-state index contributed by atoms with van der Waals surface area (Å²) >= 11 is 1.86. The Morgan fingerprint density at radius 1 is 0.378 bits per heavy atom. The zero-order valence-corrected chi connectivity index (χ0v) is 25.0. The van der Waals surface area contributed by atoms with Crippen molar-refractivity contribution in [2.45, 2.75) is 0 Å². The maximum Gasteiger partial charge on any atom is 0.135 e. The fourth-order valence-corrected chi connectivity index (χ4v) is 8.14. The summed E-state index contributed by atoms with van der Waals surface area (Å²) in [5.41, 5.74) is 10.2. The van der Waals surface area contributed by atoms with Crippen molar-refractivity contribution in [1.29, 1.82) is 0 Å². The van der Waals surface area contributed by atoms with Crippen molar-refractivity contribution < 1.29 is 4.42 Å². The van der Waals surface area contributed by atoms with E-state index in [1.165, 1.54) is 69.9 Å². The molecule has 0 aliphatic heterocycles. The molecule has 3 aromatic heterocycles. The number of fused-ring (bicyclic) bond motifs is 9. The Labute approximate surface area is 263 Å². The first kappa shape index (κ1) is 24.8. The lowest BCUT2D eigenvalue weighted by molar-refractivity contribution is 0.669. The van der Waals surface area contributed by atoms with Crippen LogP contribution in [0.25, 0.3) is 91.9 Å². The fourth-order valence-electron chi connectivity index (χ4n) is 7.05. The third-order valence-electron chi connectivity index (χ3n) is 9.20. The van der Waals surface area contributed by atoms with Gasteiger partial charge in [-0.2, -0.15) is 0 Å². The van der Waals surface area contributed by atoms with Gasteiger partial charge in [0, 0.05) is 47.4 Å². The molecular weight excluding hydrogens is 567 g/mol. The molecule has 0 bridgehead atoms. The molecule has 0 aliphatic carbocycles. The minimum atomic E-state index is 0.909. The lowest BCUT2D eigenvalue weighted by atomic mass is 9.98. The van der Waals surface area contributed by atoms with Crippen molar-refractivity contribution in [2.24, 2.45) is 0 Å². The van der Waals surface area contributed by atoms with Crippen LogP contribution in [-0.4, -0.2) is 4.57 Å². The second-order valence-corrected chi connectivity index (χ2v) is 12.8. The number of hydrogen-bond acceptors (Lipinski definition) is 2. The van der Waals surface area contributed by atoms with E-state index in [2.05, 4.69) is 156 Å². The predicted octanol–water partition coefficient (Wildman–Crippen LogP) is 12.4. The molecule has 0 atom stereocenters. The Balaban J connectivity index is 1.12. The average Bonchev–Trinajstić information content (AvgIpc) is 3.77. The van der Waals surface area contributed by atoms with E-state index >= 15 is 0 Å². The predicted molar refractivity (Wildman–Crippen MR) is 192 cm³/mol. The summed E-state index contributed by atoms with van der Waals surface area (Å²) in [5.74, 6) is 0. The number of nitrogens with zero attached hydrogens (tertiary/aromatic N) is 1. The Morgan fingerprint density at radius 3 is 1.67 bits per heavy atom. The monoisotopic (exact) mass is 591 g/mol. The number of rotatable bonds is 3. The third-order valence-corrected chi connectivity index (χ3v) is 10.4. The van der Waals surface area contributed by atoms with Crippen LogP contribution in [-0.2, 0) is 0 Å². The molecule has 210 valence electrons. The zero-order valence-electron chi connectivity index (χ0n) is 24.2. The van der Waals surface area contributed by atoms with Crippen LogP contribution >= 0.6 is 11.3 Å². The molecule has 0 aliphatic rings. The normalized spacial score (nSPS) is 12.0. The van der Waals surface area contributed by atoms with Gasteiger partial charge in [0.1, 0.15) is 11.2 Å². The van der Waals surface area contributed by atoms with Crippen LogP contribution in [0.3, 0.4) is 0 Å². The molecule has 45 heavy (non-hydrogen) atoms. The van der Waals surface area contributed by atoms with E-state index in [-0.39, 0.29) is 0 Å². The second-order valence-electron chi connectivity index (χ2n) is 11.8. The third kappa shape index (κ3) is 3.75. The van der Waals surface area contributed by atoms with E-state index in [4.69, 9.17) is 4.42 Å². The SMILES string of the molecule is c1ccc(-n2c3ccccc3c3cc(-c4ccc5oc6ccc(-c7ccc8sc9ccccc9c8c7)cc6c5c4)ccc32)cc1. The van der Waals surface area contributed by atoms with Crippen LogP contribution < -0.4 is 0 Å². The molecule has 7 aromatic carbocycles. The second kappa shape index (κ2) is 9.43. The summed E-state index contributed by atoms with van der Waals surface area (Å²) in [6.45, 7) is 0. The van der Waals surface area contributed by atoms with Crippen LogP contribution in [0.5, 0.6) is 0 Å². The lowest BCUT2D eigenvalue weighted by Gasteiger charge is -2.08. The number of aromatic nitrogens is 1. The summed E-state index contributed by atoms with van der Waals surface area (Å²) in [6.07, 6.45) is 0. The Kier molecular flexibility index (Phi) is 5.19. The molecule has 0 fully saturated rings. The Morgan fingerprint density at radius 2 is 0.911 bits per heavy atom. The van der Waals surface area contributed by atoms with E-state index in [0.717, 1.165) is 21.9 Å². The minimum Gasteiger partial charge on any atom is -0.456 e. The quantitative estimate of drug-likeness (QED) is 0.200. The fraction of sp³-hybridized carbons (Fsp3) is 0. The molecule has 0 amide bonds. The van der Waals surface area contributed by atoms with Crippen LogP contribution in [0.4, 0.5) is 0 Å². The number of para-hydroxylation sites is 2. The summed E-state index contributed by atoms with van der Waals surface area (Å²) in [4.78, 5) is 0. The molecule has 0 saturated carbocycles. The number of furan rings is 1. The van der Waals surface area contributed by atoms with Gasteiger partial charge in [-0.05, 0) is 95.1 Å². The highest BCUT2D eigenvalue weighted by atomic mass is 32.1. The standard InChI is InChI=1S/C42H25NOS/c1-2-8-30(9-3-1)43-37-12-6-4-10-31(37)33-22-26(14-18-38(33)43)27-15-19-39-34(23-27)35-24-28(16-20-40(35)44-39)29-17-21-42-36(25-29)32-11-5-7-13-41(32)45-42/h1-25H. The van der Waals surface area contributed by atoms with Gasteiger partial charge in [0.05, 0.1) is 11.0 Å². The van der Waals surface area contributed by atoms with Gasteiger partial charge in [-0.25, -0.2) is 0 Å². The van der Waals surface area contributed by atoms with Gasteiger partial charge in [0.2, 0.25) is 0 Å². The number of thiophene rings is 1. The average molecular weight is 592 g/mol. The van der Waals surface area contributed by atoms with Gasteiger partial charge < -0.3 is 8.98 Å². The summed E-state index contributed by atoms with van der Waals surface area (Å²) < 4.78 is 11.3. The van der Waals surface area contributed by atoms with Gasteiger partial charge in [-0.3, -0.25) is 0 Å². The summed E-state index contributed by atoms with van der Waals surface area (Å²) in [6, 6.07) is 54.8. The first-order valence-electron chi connectivity index (χ1n) is 15.3. The largest absolute Gasteiger partial charge is 0.456 e. The minimum absolute atomic E-state index is 0.909. The Bertz CT molecular complexity index is 2760. The van der Waals surface area contributed by atoms with Gasteiger partial charge in [0.15, 0.2) is 0 Å². The molecule has 3 heterocycles. The molecule has 2 nitrogen and oxygen atoms in total. The zero-order chi connectivity index (χ0) is 29.5. The van der Waals surface area contributed by atoms with Crippen molar-refractivity contribution in [2.75, 3.05) is 0 Å². The van der Waals surface area contributed by atoms with Crippen LogP contribution in [0.15, 0.2) is 156 Å². The molecule has 10 rings (SSSR count). The maximum atomic E-state index is 6.33. The maximum absolute atomic E-state index is 6.33. The highest BCUT2D eigenvalue weighted by Gasteiger charge is 2.15. The molecule has 3 heteroatoms. The number of benzene rings is 7. The van der Waals surface area contributed by atoms with E-state index in [1.807, 2.05) is 11.3 Å². The summed E-state index contributed by atoms with van der Waals surface area (Å²) in [7, 11) is 0. The van der Waals surface area contributed by atoms with Crippen molar-refractivity contribution >= 4 is 75.3 Å². The molecule has 0 N–H and O–H groups in total. The van der Waals surface area contributed by atoms with Crippen molar-refractivity contribution in [1.82, 2.24) is 4.57 Å². The molecule has 0 saturated heterocycles. The highest BCUT2D eigenvalue weighted by molar-refractivity contribution is 7.25. The van der Waals surface area contributed by atoms with Gasteiger partial charge in [0.25, 0.3) is 0 Å². The van der Waals surface area contributed by atoms with Gasteiger partial charge in [-0.15, -0.1) is 11.3 Å². The van der Waals surface area contributed by atoms with E-state index < -0.39 is 0 Å². The van der Waals surface area contributed by atoms with Crippen molar-refractivity contribution in [3.05, 3.63) is 152 Å². The van der Waals surface area contributed by atoms with Crippen LogP contribution in [0, 0.1) is 0 Å². The van der Waals surface area contributed by atoms with Crippen LogP contribution in [0.1, 0.15) is 0 Å². The molecule has 0 unspecified atom stereocenters. The van der Waals surface area contributed by atoms with E-state index in [0.29, 0.717) is 0 Å². The molecule has 10 aromatic rings. The molecule has 0 radical (unpaired) electrons. The van der Waals surface area contributed by atoms with E-state index in [9.17, 15) is 0 Å². The van der Waals surface area contributed by atoms with Crippen LogP contribution in [0.2, 0.25) is 0 Å². The Hall–Kier alpha value is -5.64. The first-order chi connectivity index (χ1) is 22.3. The highest BCUT2D eigenvalue weighted by Crippen LogP contribution is 2.40. The first-order valence-corrected chi connectivity index (χ1v) is 16.1. The topological polar surface area (TPSA) is 18.1 Å². The van der Waals surface area contributed by atoms with Gasteiger partial charge in [-0.1, -0.05) is 78.9 Å². The smallest absolute Gasteiger partial charge is 0.135 e. The lowest BCUT2D eigenvalue weighted by Crippen LogP contribution is -1.92. The van der Waals surface area contributed by atoms with Crippen molar-refractivity contribution in [3.63, 3.8) is 0 Å². The van der Waals surface area contributed by atoms with Gasteiger partial charge >= 0.3 is 0 Å². The summed E-state index contributed by atoms with van der Waals surface area (Å²) in [5, 5.41) is 7.43. The number of hydrogen-bond donors (Lipinski definition) is 0.